The van der Waals surface area contributed by atoms with E-state index in [0.717, 1.165) is 5.82 Å². The first-order valence-electron chi connectivity index (χ1n) is 6.97. The molecule has 0 amide bonds. The molecule has 1 aromatic heterocycles. The van der Waals surface area contributed by atoms with Gasteiger partial charge in [0.2, 0.25) is 0 Å². The van der Waals surface area contributed by atoms with E-state index in [0.29, 0.717) is 16.5 Å². The van der Waals surface area contributed by atoms with Gasteiger partial charge < -0.3 is 10.3 Å². The maximum atomic E-state index is 14.2. The van der Waals surface area contributed by atoms with Crippen LogP contribution < -0.4 is 5.73 Å². The summed E-state index contributed by atoms with van der Waals surface area (Å²) in [5.41, 5.74) is 6.71. The summed E-state index contributed by atoms with van der Waals surface area (Å²) in [5.74, 6) is 1.03. The Labute approximate surface area is 129 Å². The molecule has 0 aliphatic heterocycles. The molecule has 0 spiro atoms. The zero-order chi connectivity index (χ0) is 15.9. The lowest BCUT2D eigenvalue weighted by molar-refractivity contribution is 0.382. The molecule has 0 radical (unpaired) electrons. The van der Waals surface area contributed by atoms with Crippen molar-refractivity contribution in [3.05, 3.63) is 34.9 Å². The summed E-state index contributed by atoms with van der Waals surface area (Å²) in [7, 11) is 0. The van der Waals surface area contributed by atoms with Crippen molar-refractivity contribution in [1.29, 1.82) is 0 Å². The van der Waals surface area contributed by atoms with E-state index in [1.807, 2.05) is 39.2 Å². The fraction of sp³-hybridized carbons (Fsp3) is 0.438. The van der Waals surface area contributed by atoms with Gasteiger partial charge in [0.15, 0.2) is 0 Å². The number of anilines is 1. The summed E-state index contributed by atoms with van der Waals surface area (Å²) in [5, 5.41) is 0.315. The number of rotatable bonds is 2. The molecule has 0 saturated carbocycles. The predicted molar refractivity (Wildman–Crippen MR) is 86.1 cm³/mol. The van der Waals surface area contributed by atoms with Crippen molar-refractivity contribution in [2.75, 3.05) is 5.73 Å². The summed E-state index contributed by atoms with van der Waals surface area (Å²) in [6, 6.07) is 4.58. The van der Waals surface area contributed by atoms with Gasteiger partial charge in [-0.2, -0.15) is 0 Å². The number of hydrogen-bond acceptors (Lipinski definition) is 2. The monoisotopic (exact) mass is 309 g/mol. The quantitative estimate of drug-likeness (QED) is 0.865. The lowest BCUT2D eigenvalue weighted by Crippen LogP contribution is -2.26. The Morgan fingerprint density at radius 3 is 2.33 bits per heavy atom. The van der Waals surface area contributed by atoms with E-state index in [-0.39, 0.29) is 17.0 Å². The molecule has 2 rings (SSSR count). The van der Waals surface area contributed by atoms with Gasteiger partial charge in [0.25, 0.3) is 0 Å². The van der Waals surface area contributed by atoms with Crippen LogP contribution in [0.5, 0.6) is 0 Å². The van der Waals surface area contributed by atoms with E-state index in [1.165, 1.54) is 6.07 Å². The van der Waals surface area contributed by atoms with Crippen LogP contribution in [0.3, 0.4) is 0 Å². The van der Waals surface area contributed by atoms with E-state index in [9.17, 15) is 4.39 Å². The normalized spacial score (nSPS) is 12.2. The third-order valence-corrected chi connectivity index (χ3v) is 3.64. The van der Waals surface area contributed by atoms with Gasteiger partial charge in [-0.3, -0.25) is 0 Å². The van der Waals surface area contributed by atoms with Gasteiger partial charge >= 0.3 is 0 Å². The Morgan fingerprint density at radius 2 is 1.90 bits per heavy atom. The van der Waals surface area contributed by atoms with Crippen LogP contribution in [0.1, 0.15) is 46.4 Å². The minimum atomic E-state index is -0.414. The maximum Gasteiger partial charge on any atom is 0.134 e. The SMILES string of the molecule is CC(C)c1nc(-c2c(F)cccc2Cl)c(N)n1C(C)(C)C. The zero-order valence-electron chi connectivity index (χ0n) is 13.0. The van der Waals surface area contributed by atoms with E-state index >= 15 is 0 Å². The summed E-state index contributed by atoms with van der Waals surface area (Å²) in [4.78, 5) is 4.58. The van der Waals surface area contributed by atoms with Crippen molar-refractivity contribution in [3.8, 4) is 11.3 Å². The molecule has 0 saturated heterocycles. The molecule has 0 unspecified atom stereocenters. The second kappa shape index (κ2) is 5.34. The first kappa shape index (κ1) is 15.8. The lowest BCUT2D eigenvalue weighted by atomic mass is 10.1. The third kappa shape index (κ3) is 2.77. The number of nitrogens with zero attached hydrogens (tertiary/aromatic N) is 2. The molecule has 0 aliphatic carbocycles. The molecule has 2 aromatic rings. The highest BCUT2D eigenvalue weighted by Crippen LogP contribution is 2.38. The van der Waals surface area contributed by atoms with Crippen molar-refractivity contribution >= 4 is 17.4 Å². The fourth-order valence-corrected chi connectivity index (χ4v) is 2.70. The highest BCUT2D eigenvalue weighted by atomic mass is 35.5. The maximum absolute atomic E-state index is 14.2. The molecular weight excluding hydrogens is 289 g/mol. The molecule has 1 aromatic carbocycles. The lowest BCUT2D eigenvalue weighted by Gasteiger charge is -2.26. The van der Waals surface area contributed by atoms with Crippen molar-refractivity contribution in [1.82, 2.24) is 9.55 Å². The van der Waals surface area contributed by atoms with Crippen LogP contribution in [0.25, 0.3) is 11.3 Å². The first-order chi connectivity index (χ1) is 9.64. The minimum absolute atomic E-state index is 0.172. The van der Waals surface area contributed by atoms with E-state index < -0.39 is 5.82 Å². The summed E-state index contributed by atoms with van der Waals surface area (Å²) in [6.07, 6.45) is 0. The first-order valence-corrected chi connectivity index (χ1v) is 7.35. The molecular formula is C16H21ClFN3. The van der Waals surface area contributed by atoms with Gasteiger partial charge in [-0.25, -0.2) is 9.37 Å². The van der Waals surface area contributed by atoms with Gasteiger partial charge in [-0.05, 0) is 32.9 Å². The number of nitrogens with two attached hydrogens (primary N) is 1. The van der Waals surface area contributed by atoms with Crippen molar-refractivity contribution < 1.29 is 4.39 Å². The topological polar surface area (TPSA) is 43.8 Å². The molecule has 0 fully saturated rings. The average molecular weight is 310 g/mol. The van der Waals surface area contributed by atoms with Crippen LogP contribution in [-0.4, -0.2) is 9.55 Å². The van der Waals surface area contributed by atoms with Gasteiger partial charge in [0.05, 0.1) is 10.6 Å². The predicted octanol–water partition coefficient (Wildman–Crippen LogP) is 4.80. The van der Waals surface area contributed by atoms with Gasteiger partial charge in [-0.15, -0.1) is 0 Å². The Hall–Kier alpha value is -1.55. The largest absolute Gasteiger partial charge is 0.383 e. The summed E-state index contributed by atoms with van der Waals surface area (Å²) < 4.78 is 16.1. The van der Waals surface area contributed by atoms with E-state index in [4.69, 9.17) is 17.3 Å². The Morgan fingerprint density at radius 1 is 1.29 bits per heavy atom. The van der Waals surface area contributed by atoms with Crippen molar-refractivity contribution in [3.63, 3.8) is 0 Å². The fourth-order valence-electron chi connectivity index (χ4n) is 2.45. The molecule has 21 heavy (non-hydrogen) atoms. The molecule has 0 aliphatic rings. The second-order valence-electron chi connectivity index (χ2n) is 6.46. The standard InChI is InChI=1S/C16H21ClFN3/c1-9(2)15-20-13(14(19)21(15)16(3,4)5)12-10(17)7-6-8-11(12)18/h6-9H,19H2,1-5H3. The highest BCUT2D eigenvalue weighted by molar-refractivity contribution is 6.33. The smallest absolute Gasteiger partial charge is 0.134 e. The number of halogens is 2. The second-order valence-corrected chi connectivity index (χ2v) is 6.87. The molecule has 3 nitrogen and oxygen atoms in total. The molecule has 2 N–H and O–H groups in total. The van der Waals surface area contributed by atoms with Crippen LogP contribution in [0, 0.1) is 5.82 Å². The van der Waals surface area contributed by atoms with Crippen molar-refractivity contribution in [2.24, 2.45) is 0 Å². The van der Waals surface area contributed by atoms with Crippen molar-refractivity contribution in [2.45, 2.75) is 46.1 Å². The number of aromatic nitrogens is 2. The Bertz CT molecular complexity index is 649. The van der Waals surface area contributed by atoms with Crippen LogP contribution in [-0.2, 0) is 5.54 Å². The Kier molecular flexibility index (Phi) is 4.02. The minimum Gasteiger partial charge on any atom is -0.383 e. The highest BCUT2D eigenvalue weighted by Gasteiger charge is 2.27. The molecule has 0 bridgehead atoms. The van der Waals surface area contributed by atoms with Crippen LogP contribution in [0.4, 0.5) is 10.2 Å². The van der Waals surface area contributed by atoms with Gasteiger partial charge in [-0.1, -0.05) is 31.5 Å². The Balaban J connectivity index is 2.78. The summed E-state index contributed by atoms with van der Waals surface area (Å²) in [6.45, 7) is 10.2. The van der Waals surface area contributed by atoms with Gasteiger partial charge in [0.1, 0.15) is 23.2 Å². The number of hydrogen-bond donors (Lipinski definition) is 1. The summed E-state index contributed by atoms with van der Waals surface area (Å²) >= 11 is 6.15. The van der Waals surface area contributed by atoms with Gasteiger partial charge in [0, 0.05) is 11.5 Å². The molecule has 0 atom stereocenters. The van der Waals surface area contributed by atoms with E-state index in [1.54, 1.807) is 12.1 Å². The van der Waals surface area contributed by atoms with Crippen LogP contribution in [0.2, 0.25) is 5.02 Å². The number of benzene rings is 1. The van der Waals surface area contributed by atoms with E-state index in [2.05, 4.69) is 4.98 Å². The molecule has 5 heteroatoms. The van der Waals surface area contributed by atoms with Crippen LogP contribution in [0.15, 0.2) is 18.2 Å². The molecule has 1 heterocycles. The number of imidazole rings is 1. The van der Waals surface area contributed by atoms with Crippen LogP contribution >= 0.6 is 11.6 Å². The zero-order valence-corrected chi connectivity index (χ0v) is 13.8. The molecule has 114 valence electrons. The average Bonchev–Trinajstić information content (AvgIpc) is 2.67. The third-order valence-electron chi connectivity index (χ3n) is 3.33. The number of nitrogen functional groups attached to an aromatic ring is 1.